The molecule has 2 amide bonds. The zero-order chi connectivity index (χ0) is 24.7. The lowest BCUT2D eigenvalue weighted by molar-refractivity contribution is -0.136. The van der Waals surface area contributed by atoms with Crippen molar-refractivity contribution < 1.29 is 32.2 Å². The number of ether oxygens (including phenoxy) is 2. The minimum atomic E-state index is -4.63. The van der Waals surface area contributed by atoms with Crippen LogP contribution in [0.4, 0.5) is 18.0 Å². The molecule has 1 saturated heterocycles. The highest BCUT2D eigenvalue weighted by Gasteiger charge is 2.39. The minimum absolute atomic E-state index is 0.0449. The highest BCUT2D eigenvalue weighted by molar-refractivity contribution is 7.17. The summed E-state index contributed by atoms with van der Waals surface area (Å²) in [6, 6.07) is 0.381. The third-order valence-corrected chi connectivity index (χ3v) is 6.33. The third kappa shape index (κ3) is 5.51. The molecule has 1 aliphatic rings. The molecule has 3 rings (SSSR count). The topological polar surface area (TPSA) is 80.8 Å². The van der Waals surface area contributed by atoms with Gasteiger partial charge in [0, 0.05) is 43.4 Å². The number of hydrogen-bond acceptors (Lipinski definition) is 6. The predicted molar refractivity (Wildman–Crippen MR) is 119 cm³/mol. The average molecular weight is 488 g/mol. The first-order valence-electron chi connectivity index (χ1n) is 10.6. The molecule has 2 aromatic heterocycles. The van der Waals surface area contributed by atoms with Gasteiger partial charge in [-0.15, -0.1) is 11.3 Å². The van der Waals surface area contributed by atoms with Crippen molar-refractivity contribution in [1.82, 2.24) is 15.2 Å². The van der Waals surface area contributed by atoms with E-state index in [4.69, 9.17) is 9.47 Å². The Balaban J connectivity index is 1.88. The van der Waals surface area contributed by atoms with Crippen molar-refractivity contribution in [2.24, 2.45) is 0 Å². The summed E-state index contributed by atoms with van der Waals surface area (Å²) >= 11 is 0.818. The van der Waals surface area contributed by atoms with Crippen LogP contribution in [-0.4, -0.2) is 52.7 Å². The molecular formula is C22H28F3N3O4S. The number of hydrogen-bond donors (Lipinski definition) is 1. The molecule has 2 unspecified atom stereocenters. The average Bonchev–Trinajstić information content (AvgIpc) is 3.07. The maximum Gasteiger partial charge on any atom is 0.418 e. The van der Waals surface area contributed by atoms with Crippen molar-refractivity contribution >= 4 is 33.6 Å². The van der Waals surface area contributed by atoms with Gasteiger partial charge in [0.25, 0.3) is 5.91 Å². The molecule has 182 valence electrons. The van der Waals surface area contributed by atoms with Gasteiger partial charge in [-0.1, -0.05) is 0 Å². The van der Waals surface area contributed by atoms with Crippen LogP contribution in [0, 0.1) is 0 Å². The highest BCUT2D eigenvalue weighted by Crippen LogP contribution is 2.40. The van der Waals surface area contributed by atoms with Crippen LogP contribution in [0.2, 0.25) is 0 Å². The molecule has 0 aromatic carbocycles. The van der Waals surface area contributed by atoms with E-state index < -0.39 is 35.4 Å². The second kappa shape index (κ2) is 9.00. The molecule has 0 bridgehead atoms. The van der Waals surface area contributed by atoms with Crippen LogP contribution in [0.15, 0.2) is 11.4 Å². The maximum absolute atomic E-state index is 13.7. The van der Waals surface area contributed by atoms with Crippen LogP contribution in [-0.2, 0) is 10.9 Å². The summed E-state index contributed by atoms with van der Waals surface area (Å²) in [7, 11) is 1.40. The molecule has 11 heteroatoms. The molecule has 1 aliphatic heterocycles. The number of fused-ring (bicyclic) bond motifs is 1. The molecular weight excluding hydrogens is 459 g/mol. The van der Waals surface area contributed by atoms with E-state index in [9.17, 15) is 22.8 Å². The van der Waals surface area contributed by atoms with E-state index in [0.29, 0.717) is 12.8 Å². The third-order valence-electron chi connectivity index (χ3n) is 5.33. The Bertz CT molecular complexity index is 1040. The van der Waals surface area contributed by atoms with Crippen LogP contribution >= 0.6 is 11.3 Å². The summed E-state index contributed by atoms with van der Waals surface area (Å²) in [5.74, 6) is -0.722. The van der Waals surface area contributed by atoms with E-state index in [1.165, 1.54) is 12.4 Å². The molecule has 2 aromatic rings. The number of alkyl halides is 3. The number of nitrogens with one attached hydrogen (secondary N) is 1. The first-order chi connectivity index (χ1) is 15.2. The molecule has 7 nitrogen and oxygen atoms in total. The van der Waals surface area contributed by atoms with Gasteiger partial charge in [-0.2, -0.15) is 13.2 Å². The van der Waals surface area contributed by atoms with Crippen molar-refractivity contribution in [2.45, 2.75) is 77.4 Å². The van der Waals surface area contributed by atoms with Crippen molar-refractivity contribution in [1.29, 1.82) is 0 Å². The van der Waals surface area contributed by atoms with E-state index >= 15 is 0 Å². The second-order valence-electron chi connectivity index (χ2n) is 9.21. The summed E-state index contributed by atoms with van der Waals surface area (Å²) in [6.07, 6.45) is -4.73. The van der Waals surface area contributed by atoms with Crippen molar-refractivity contribution in [3.63, 3.8) is 0 Å². The van der Waals surface area contributed by atoms with Crippen LogP contribution < -0.4 is 10.1 Å². The summed E-state index contributed by atoms with van der Waals surface area (Å²) in [5, 5.41) is 3.78. The summed E-state index contributed by atoms with van der Waals surface area (Å²) in [6.45, 7) is 9.04. The first-order valence-corrected chi connectivity index (χ1v) is 11.5. The number of halogens is 3. The number of carbonyl (C=O) groups excluding carboxylic acids is 2. The Morgan fingerprint density at radius 1 is 1.18 bits per heavy atom. The van der Waals surface area contributed by atoms with E-state index in [1.807, 2.05) is 13.8 Å². The lowest BCUT2D eigenvalue weighted by Gasteiger charge is -2.42. The largest absolute Gasteiger partial charge is 0.474 e. The number of amides is 2. The number of pyridine rings is 1. The molecule has 1 N–H and O–H groups in total. The quantitative estimate of drug-likeness (QED) is 0.641. The Kier molecular flexibility index (Phi) is 6.84. The number of carbonyl (C=O) groups is 2. The van der Waals surface area contributed by atoms with Gasteiger partial charge >= 0.3 is 12.3 Å². The van der Waals surface area contributed by atoms with Crippen molar-refractivity contribution in [2.75, 3.05) is 7.05 Å². The van der Waals surface area contributed by atoms with E-state index in [0.717, 1.165) is 17.4 Å². The summed E-state index contributed by atoms with van der Waals surface area (Å²) in [5.41, 5.74) is -1.51. The van der Waals surface area contributed by atoms with Gasteiger partial charge in [0.1, 0.15) is 11.7 Å². The van der Waals surface area contributed by atoms with Gasteiger partial charge < -0.3 is 19.7 Å². The Morgan fingerprint density at radius 2 is 1.79 bits per heavy atom. The van der Waals surface area contributed by atoms with E-state index in [1.54, 1.807) is 25.7 Å². The van der Waals surface area contributed by atoms with Gasteiger partial charge in [0.2, 0.25) is 5.88 Å². The maximum atomic E-state index is 13.7. The van der Waals surface area contributed by atoms with Crippen LogP contribution in [0.25, 0.3) is 10.2 Å². The fourth-order valence-electron chi connectivity index (χ4n) is 4.01. The molecule has 0 radical (unpaired) electrons. The Morgan fingerprint density at radius 3 is 2.30 bits per heavy atom. The Labute approximate surface area is 194 Å². The zero-order valence-corrected chi connectivity index (χ0v) is 20.2. The fraction of sp³-hybridized carbons (Fsp3) is 0.591. The van der Waals surface area contributed by atoms with Gasteiger partial charge in [-0.05, 0) is 34.6 Å². The van der Waals surface area contributed by atoms with Gasteiger partial charge in [-0.25, -0.2) is 9.78 Å². The number of likely N-dealkylation sites (tertiary alicyclic amines) is 1. The summed E-state index contributed by atoms with van der Waals surface area (Å²) in [4.78, 5) is 30.6. The molecule has 33 heavy (non-hydrogen) atoms. The molecule has 0 saturated carbocycles. The lowest BCUT2D eigenvalue weighted by atomic mass is 9.95. The highest BCUT2D eigenvalue weighted by atomic mass is 32.1. The number of rotatable bonds is 3. The molecule has 0 spiro atoms. The fourth-order valence-corrected chi connectivity index (χ4v) is 5.04. The molecule has 0 aliphatic carbocycles. The monoisotopic (exact) mass is 487 g/mol. The van der Waals surface area contributed by atoms with E-state index in [2.05, 4.69) is 10.3 Å². The van der Waals surface area contributed by atoms with Gasteiger partial charge in [0.15, 0.2) is 0 Å². The first kappa shape index (κ1) is 25.1. The number of thiophene rings is 1. The molecule has 1 fully saturated rings. The number of piperidine rings is 1. The predicted octanol–water partition coefficient (Wildman–Crippen LogP) is 5.23. The standard InChI is InChI=1S/C22H28F3N3O4S/c1-11-7-13(8-12(2)28(11)20(30)32-21(3,4)5)31-16-9-15(22(23,24)25)18-17(27-16)14(10-33-18)19(29)26-6/h9-13H,7-8H2,1-6H3,(H,26,29). The lowest BCUT2D eigenvalue weighted by Crippen LogP contribution is -2.53. The second-order valence-corrected chi connectivity index (χ2v) is 10.1. The van der Waals surface area contributed by atoms with Gasteiger partial charge in [0.05, 0.1) is 21.3 Å². The minimum Gasteiger partial charge on any atom is -0.474 e. The van der Waals surface area contributed by atoms with Crippen LogP contribution in [0.5, 0.6) is 5.88 Å². The number of nitrogens with zero attached hydrogens (tertiary/aromatic N) is 2. The number of aromatic nitrogens is 1. The smallest absolute Gasteiger partial charge is 0.418 e. The van der Waals surface area contributed by atoms with Gasteiger partial charge in [-0.3, -0.25) is 4.79 Å². The van der Waals surface area contributed by atoms with Crippen molar-refractivity contribution in [3.8, 4) is 5.88 Å². The van der Waals surface area contributed by atoms with Crippen molar-refractivity contribution in [3.05, 3.63) is 22.6 Å². The summed E-state index contributed by atoms with van der Waals surface area (Å²) < 4.78 is 52.5. The normalized spacial score (nSPS) is 21.7. The molecule has 3 heterocycles. The zero-order valence-electron chi connectivity index (χ0n) is 19.4. The van der Waals surface area contributed by atoms with Crippen LogP contribution in [0.3, 0.4) is 0 Å². The van der Waals surface area contributed by atoms with E-state index in [-0.39, 0.29) is 33.7 Å². The Hall–Kier alpha value is -2.56. The molecule has 2 atom stereocenters. The van der Waals surface area contributed by atoms with Crippen LogP contribution in [0.1, 0.15) is 63.4 Å². The SMILES string of the molecule is CNC(=O)c1csc2c(C(F)(F)F)cc(OC3CC(C)N(C(=O)OC(C)(C)C)C(C)C3)nc12.